The monoisotopic (exact) mass is 283 g/mol. The fourth-order valence-electron chi connectivity index (χ4n) is 2.72. The topological polar surface area (TPSA) is 30.0 Å². The first-order chi connectivity index (χ1) is 10.3. The predicted octanol–water partition coefficient (Wildman–Crippen LogP) is 5.56. The fraction of sp³-hybridized carbons (Fsp3) is 0.474. The molecule has 0 atom stereocenters. The lowest BCUT2D eigenvalue weighted by Crippen LogP contribution is -2.00. The molecular weight excluding hydrogens is 258 g/mol. The van der Waals surface area contributed by atoms with E-state index in [0.717, 1.165) is 22.9 Å². The van der Waals surface area contributed by atoms with E-state index < -0.39 is 0 Å². The summed E-state index contributed by atoms with van der Waals surface area (Å²) in [7, 11) is 0. The van der Waals surface area contributed by atoms with Crippen molar-refractivity contribution in [3.05, 3.63) is 42.1 Å². The maximum atomic E-state index is 12.4. The van der Waals surface area contributed by atoms with Gasteiger partial charge in [-0.3, -0.25) is 9.78 Å². The molecule has 0 aliphatic carbocycles. The van der Waals surface area contributed by atoms with Crippen LogP contribution >= 0.6 is 0 Å². The van der Waals surface area contributed by atoms with Crippen LogP contribution in [0.4, 0.5) is 0 Å². The number of Topliss-reactive ketones (excluding diaryl/α,β-unsaturated/α-hetero) is 1. The zero-order chi connectivity index (χ0) is 14.9. The van der Waals surface area contributed by atoms with E-state index in [1.807, 2.05) is 30.3 Å². The summed E-state index contributed by atoms with van der Waals surface area (Å²) < 4.78 is 0. The molecule has 2 rings (SSSR count). The van der Waals surface area contributed by atoms with Gasteiger partial charge in [0.2, 0.25) is 0 Å². The third-order valence-corrected chi connectivity index (χ3v) is 3.96. The molecule has 0 spiro atoms. The number of benzene rings is 1. The second-order valence-electron chi connectivity index (χ2n) is 5.67. The molecule has 1 heterocycles. The minimum atomic E-state index is 0.252. The van der Waals surface area contributed by atoms with Gasteiger partial charge in [0, 0.05) is 23.6 Å². The van der Waals surface area contributed by atoms with Gasteiger partial charge in [-0.25, -0.2) is 0 Å². The minimum absolute atomic E-state index is 0.252. The van der Waals surface area contributed by atoms with Gasteiger partial charge in [-0.15, -0.1) is 0 Å². The van der Waals surface area contributed by atoms with E-state index in [2.05, 4.69) is 11.9 Å². The van der Waals surface area contributed by atoms with Gasteiger partial charge in [0.1, 0.15) is 0 Å². The molecule has 2 heteroatoms. The van der Waals surface area contributed by atoms with Crippen molar-refractivity contribution in [2.75, 3.05) is 0 Å². The number of rotatable bonds is 9. The van der Waals surface area contributed by atoms with Crippen LogP contribution in [-0.4, -0.2) is 10.8 Å². The van der Waals surface area contributed by atoms with Crippen LogP contribution < -0.4 is 0 Å². The average Bonchev–Trinajstić information content (AvgIpc) is 2.53. The molecule has 0 unspecified atom stereocenters. The Bertz CT molecular complexity index is 571. The molecule has 0 amide bonds. The number of hydrogen-bond acceptors (Lipinski definition) is 2. The summed E-state index contributed by atoms with van der Waals surface area (Å²) in [5.74, 6) is 0.252. The van der Waals surface area contributed by atoms with Crippen LogP contribution in [-0.2, 0) is 0 Å². The Labute approximate surface area is 127 Å². The lowest BCUT2D eigenvalue weighted by atomic mass is 10.0. The Morgan fingerprint density at radius 3 is 2.48 bits per heavy atom. The van der Waals surface area contributed by atoms with Crippen LogP contribution in [0.3, 0.4) is 0 Å². The molecule has 0 N–H and O–H groups in total. The van der Waals surface area contributed by atoms with Gasteiger partial charge < -0.3 is 0 Å². The number of carbonyl (C=O) groups excluding carboxylic acids is 1. The number of nitrogens with zero attached hydrogens (tertiary/aromatic N) is 1. The Morgan fingerprint density at radius 1 is 0.952 bits per heavy atom. The number of carbonyl (C=O) groups is 1. The van der Waals surface area contributed by atoms with E-state index in [1.54, 1.807) is 6.20 Å². The zero-order valence-electron chi connectivity index (χ0n) is 13.0. The predicted molar refractivity (Wildman–Crippen MR) is 88.7 cm³/mol. The van der Waals surface area contributed by atoms with E-state index in [0.29, 0.717) is 6.42 Å². The Kier molecular flexibility index (Phi) is 6.39. The van der Waals surface area contributed by atoms with Gasteiger partial charge in [-0.2, -0.15) is 0 Å². The first-order valence-corrected chi connectivity index (χ1v) is 8.20. The molecule has 1 aromatic heterocycles. The second kappa shape index (κ2) is 8.56. The van der Waals surface area contributed by atoms with Crippen molar-refractivity contribution in [2.24, 2.45) is 0 Å². The normalized spacial score (nSPS) is 10.9. The first-order valence-electron chi connectivity index (χ1n) is 8.20. The second-order valence-corrected chi connectivity index (χ2v) is 5.67. The number of ketones is 1. The number of pyridine rings is 1. The summed E-state index contributed by atoms with van der Waals surface area (Å²) in [6.07, 6.45) is 11.1. The smallest absolute Gasteiger partial charge is 0.163 e. The first kappa shape index (κ1) is 15.7. The molecule has 0 radical (unpaired) electrons. The molecule has 0 saturated heterocycles. The Morgan fingerprint density at radius 2 is 1.67 bits per heavy atom. The highest BCUT2D eigenvalue weighted by Gasteiger charge is 2.09. The van der Waals surface area contributed by atoms with E-state index >= 15 is 0 Å². The summed E-state index contributed by atoms with van der Waals surface area (Å²) in [5, 5.41) is 0.980. The summed E-state index contributed by atoms with van der Waals surface area (Å²) in [6, 6.07) is 9.72. The molecule has 112 valence electrons. The van der Waals surface area contributed by atoms with Crippen LogP contribution in [0.2, 0.25) is 0 Å². The van der Waals surface area contributed by atoms with E-state index in [9.17, 15) is 4.79 Å². The lowest BCUT2D eigenvalue weighted by molar-refractivity contribution is 0.0980. The van der Waals surface area contributed by atoms with E-state index in [4.69, 9.17) is 0 Å². The number of aromatic nitrogens is 1. The lowest BCUT2D eigenvalue weighted by Gasteiger charge is -2.05. The zero-order valence-corrected chi connectivity index (χ0v) is 13.0. The van der Waals surface area contributed by atoms with Crippen molar-refractivity contribution in [1.29, 1.82) is 0 Å². The third kappa shape index (κ3) is 4.66. The highest BCUT2D eigenvalue weighted by Crippen LogP contribution is 2.19. The molecule has 1 aromatic carbocycles. The molecule has 0 fully saturated rings. The number of hydrogen-bond donors (Lipinski definition) is 0. The quantitative estimate of drug-likeness (QED) is 0.445. The van der Waals surface area contributed by atoms with Gasteiger partial charge in [0.25, 0.3) is 0 Å². The molecule has 2 nitrogen and oxygen atoms in total. The molecule has 0 saturated carbocycles. The summed E-state index contributed by atoms with van der Waals surface area (Å²) >= 11 is 0. The molecule has 0 aliphatic rings. The summed E-state index contributed by atoms with van der Waals surface area (Å²) in [6.45, 7) is 2.23. The highest BCUT2D eigenvalue weighted by atomic mass is 16.1. The average molecular weight is 283 g/mol. The summed E-state index contributed by atoms with van der Waals surface area (Å²) in [4.78, 5) is 16.7. The van der Waals surface area contributed by atoms with Crippen molar-refractivity contribution in [1.82, 2.24) is 4.98 Å². The van der Waals surface area contributed by atoms with Crippen LogP contribution in [0.25, 0.3) is 10.9 Å². The Balaban J connectivity index is 1.83. The standard InChI is InChI=1S/C19H25NO/c1-2-3-4-5-6-7-8-13-19(21)17-14-15-20-18-12-10-9-11-16(17)18/h9-12,14-15H,2-8,13H2,1H3. The summed E-state index contributed by atoms with van der Waals surface area (Å²) in [5.41, 5.74) is 1.73. The maximum Gasteiger partial charge on any atom is 0.163 e. The van der Waals surface area contributed by atoms with Gasteiger partial charge in [0.15, 0.2) is 5.78 Å². The van der Waals surface area contributed by atoms with Gasteiger partial charge in [-0.05, 0) is 18.6 Å². The van der Waals surface area contributed by atoms with Crippen molar-refractivity contribution in [3.8, 4) is 0 Å². The van der Waals surface area contributed by atoms with E-state index in [-0.39, 0.29) is 5.78 Å². The highest BCUT2D eigenvalue weighted by molar-refractivity contribution is 6.07. The van der Waals surface area contributed by atoms with Gasteiger partial charge >= 0.3 is 0 Å². The largest absolute Gasteiger partial charge is 0.294 e. The number of unbranched alkanes of at least 4 members (excludes halogenated alkanes) is 6. The number of fused-ring (bicyclic) bond motifs is 1. The number of para-hydroxylation sites is 1. The molecule has 0 aliphatic heterocycles. The fourth-order valence-corrected chi connectivity index (χ4v) is 2.72. The van der Waals surface area contributed by atoms with Crippen molar-refractivity contribution in [2.45, 2.75) is 58.3 Å². The van der Waals surface area contributed by atoms with E-state index in [1.165, 1.54) is 38.5 Å². The van der Waals surface area contributed by atoms with Crippen molar-refractivity contribution in [3.63, 3.8) is 0 Å². The molecular formula is C19H25NO. The van der Waals surface area contributed by atoms with Crippen LogP contribution in [0, 0.1) is 0 Å². The minimum Gasteiger partial charge on any atom is -0.294 e. The maximum absolute atomic E-state index is 12.4. The van der Waals surface area contributed by atoms with Crippen LogP contribution in [0.1, 0.15) is 68.6 Å². The van der Waals surface area contributed by atoms with Gasteiger partial charge in [-0.1, -0.05) is 63.6 Å². The molecule has 2 aromatic rings. The van der Waals surface area contributed by atoms with Crippen LogP contribution in [0.5, 0.6) is 0 Å². The Hall–Kier alpha value is -1.70. The molecule has 0 bridgehead atoms. The third-order valence-electron chi connectivity index (χ3n) is 3.96. The van der Waals surface area contributed by atoms with Crippen LogP contribution in [0.15, 0.2) is 36.5 Å². The van der Waals surface area contributed by atoms with Gasteiger partial charge in [0.05, 0.1) is 5.52 Å². The SMILES string of the molecule is CCCCCCCCCC(=O)c1ccnc2ccccc12. The van der Waals surface area contributed by atoms with Crippen molar-refractivity contribution >= 4 is 16.7 Å². The molecule has 21 heavy (non-hydrogen) atoms. The van der Waals surface area contributed by atoms with Crippen molar-refractivity contribution < 1.29 is 4.79 Å².